The van der Waals surface area contributed by atoms with Crippen LogP contribution in [0.3, 0.4) is 0 Å². The zero-order valence-corrected chi connectivity index (χ0v) is 13.3. The molecule has 0 unspecified atom stereocenters. The molecule has 2 saturated heterocycles. The van der Waals surface area contributed by atoms with Crippen molar-refractivity contribution < 1.29 is 64.8 Å². The van der Waals surface area contributed by atoms with Gasteiger partial charge < -0.3 is 9.45 Å². The maximum atomic E-state index is 12.3. The van der Waals surface area contributed by atoms with Gasteiger partial charge in [0.05, 0.1) is 12.5 Å². The van der Waals surface area contributed by atoms with Crippen molar-refractivity contribution >= 4 is 16.4 Å². The molecule has 0 saturated carbocycles. The van der Waals surface area contributed by atoms with Gasteiger partial charge in [-0.15, -0.1) is 0 Å². The number of rotatable bonds is 3. The van der Waals surface area contributed by atoms with Crippen molar-refractivity contribution in [2.75, 3.05) is 6.54 Å². The molecule has 2 atom stereocenters. The zero-order chi connectivity index (χ0) is 14.4. The molecule has 0 aromatic rings. The first kappa shape index (κ1) is 18.0. The monoisotopic (exact) mass is 326 g/mol. The van der Waals surface area contributed by atoms with Crippen molar-refractivity contribution in [1.29, 1.82) is 0 Å². The summed E-state index contributed by atoms with van der Waals surface area (Å²) in [6.07, 6.45) is -5.35. The van der Waals surface area contributed by atoms with Crippen LogP contribution in [0.5, 0.6) is 0 Å². The van der Waals surface area contributed by atoms with Crippen molar-refractivity contribution in [3.8, 4) is 0 Å². The molecule has 0 N–H and O–H groups in total. The first-order valence-electron chi connectivity index (χ1n) is 5.39. The fourth-order valence-electron chi connectivity index (χ4n) is 2.39. The molecule has 20 heavy (non-hydrogen) atoms. The summed E-state index contributed by atoms with van der Waals surface area (Å²) >= 11 is 0. The van der Waals surface area contributed by atoms with Crippen LogP contribution < -0.4 is 29.6 Å². The number of hydrogen-bond donors (Lipinski definition) is 0. The fourth-order valence-corrected chi connectivity index (χ4v) is 2.77. The fraction of sp³-hybridized carbons (Fsp3) is 0.875. The Kier molecular flexibility index (Phi) is 5.37. The topological polar surface area (TPSA) is 90.0 Å². The van der Waals surface area contributed by atoms with Crippen molar-refractivity contribution in [2.24, 2.45) is 0 Å². The predicted molar refractivity (Wildman–Crippen MR) is 52.2 cm³/mol. The molecule has 2 bridgehead atoms. The number of alkyl halides is 3. The molecule has 2 amide bonds. The number of fused-ring (bicyclic) bond motifs is 2. The van der Waals surface area contributed by atoms with E-state index in [9.17, 15) is 30.9 Å². The number of nitrogens with zero attached hydrogens (tertiary/aromatic N) is 2. The number of piperidine rings is 1. The molecule has 0 spiro atoms. The van der Waals surface area contributed by atoms with Crippen LogP contribution in [-0.4, -0.2) is 53.8 Å². The molecular weight excluding hydrogens is 316 g/mol. The normalized spacial score (nSPS) is 26.7. The standard InChI is InChI=1S/C8H11F3N2O5S.Na/c9-8(10,11)3-5-1-2-6-4-12(5)7(14)13(6)18-19(15,16)17;/h5-6H,1-4H2,(H,15,16,17);/q;+1/p-1/t5-,6-;/m0./s1. The van der Waals surface area contributed by atoms with Gasteiger partial charge in [0.25, 0.3) is 0 Å². The predicted octanol–water partition coefficient (Wildman–Crippen LogP) is -2.40. The Balaban J connectivity index is 0.00000200. The minimum Gasteiger partial charge on any atom is -0.724 e. The van der Waals surface area contributed by atoms with E-state index in [1.54, 1.807) is 0 Å². The van der Waals surface area contributed by atoms with Gasteiger partial charge in [-0.25, -0.2) is 13.2 Å². The second-order valence-electron chi connectivity index (χ2n) is 4.45. The number of hydrogen-bond acceptors (Lipinski definition) is 5. The average Bonchev–Trinajstić information content (AvgIpc) is 2.44. The van der Waals surface area contributed by atoms with Crippen LogP contribution in [0.15, 0.2) is 0 Å². The number of urea groups is 1. The van der Waals surface area contributed by atoms with Crippen LogP contribution in [0.25, 0.3) is 0 Å². The summed E-state index contributed by atoms with van der Waals surface area (Å²) in [6, 6.07) is -2.77. The molecule has 2 rings (SSSR count). The van der Waals surface area contributed by atoms with E-state index < -0.39 is 41.1 Å². The maximum Gasteiger partial charge on any atom is 1.00 e. The molecular formula is C8H10F3N2NaO5S. The van der Waals surface area contributed by atoms with Crippen LogP contribution >= 0.6 is 0 Å². The van der Waals surface area contributed by atoms with Crippen molar-refractivity contribution in [3.05, 3.63) is 0 Å². The summed E-state index contributed by atoms with van der Waals surface area (Å²) in [5.41, 5.74) is 0. The first-order valence-corrected chi connectivity index (χ1v) is 6.72. The number of carbonyl (C=O) groups is 1. The van der Waals surface area contributed by atoms with Gasteiger partial charge in [0.2, 0.25) is 10.4 Å². The Bertz CT molecular complexity index is 485. The van der Waals surface area contributed by atoms with Crippen molar-refractivity contribution in [1.82, 2.24) is 9.96 Å². The van der Waals surface area contributed by atoms with Gasteiger partial charge in [-0.2, -0.15) is 22.5 Å². The van der Waals surface area contributed by atoms with Gasteiger partial charge in [-0.3, -0.25) is 0 Å². The molecule has 2 fully saturated rings. The average molecular weight is 326 g/mol. The Morgan fingerprint density at radius 1 is 1.35 bits per heavy atom. The summed E-state index contributed by atoms with van der Waals surface area (Å²) in [5.74, 6) is 0. The van der Waals surface area contributed by atoms with E-state index in [1.807, 2.05) is 0 Å². The third kappa shape index (κ3) is 4.21. The van der Waals surface area contributed by atoms with E-state index in [0.29, 0.717) is 5.06 Å². The molecule has 7 nitrogen and oxygen atoms in total. The van der Waals surface area contributed by atoms with E-state index in [4.69, 9.17) is 0 Å². The summed E-state index contributed by atoms with van der Waals surface area (Å²) in [4.78, 5) is 12.6. The second kappa shape index (κ2) is 5.97. The third-order valence-corrected chi connectivity index (χ3v) is 3.43. The van der Waals surface area contributed by atoms with Crippen LogP contribution in [0, 0.1) is 0 Å². The van der Waals surface area contributed by atoms with Gasteiger partial charge >= 0.3 is 41.8 Å². The number of carbonyl (C=O) groups excluding carboxylic acids is 1. The van der Waals surface area contributed by atoms with Crippen LogP contribution in [0.4, 0.5) is 18.0 Å². The Morgan fingerprint density at radius 3 is 2.45 bits per heavy atom. The van der Waals surface area contributed by atoms with Crippen LogP contribution in [-0.2, 0) is 14.7 Å². The Morgan fingerprint density at radius 2 is 1.95 bits per heavy atom. The number of amides is 2. The summed E-state index contributed by atoms with van der Waals surface area (Å²) in [7, 11) is -5.13. The van der Waals surface area contributed by atoms with Crippen molar-refractivity contribution in [3.63, 3.8) is 0 Å². The summed E-state index contributed by atoms with van der Waals surface area (Å²) in [6.45, 7) is -0.0743. The molecule has 0 aromatic heterocycles. The molecule has 0 aliphatic carbocycles. The molecule has 2 aliphatic heterocycles. The summed E-state index contributed by atoms with van der Waals surface area (Å²) in [5, 5.41) is 0.360. The SMILES string of the molecule is O=C1N2C[C@H](CC[C@H]2CC(F)(F)F)N1OS(=O)(=O)[O-].[Na+]. The minimum atomic E-state index is -5.13. The van der Waals surface area contributed by atoms with E-state index >= 15 is 0 Å². The van der Waals surface area contributed by atoms with Gasteiger partial charge in [0, 0.05) is 12.6 Å². The third-order valence-electron chi connectivity index (χ3n) is 3.09. The van der Waals surface area contributed by atoms with Gasteiger partial charge in [0.1, 0.15) is 0 Å². The second-order valence-corrected chi connectivity index (χ2v) is 5.41. The van der Waals surface area contributed by atoms with E-state index in [0.717, 1.165) is 4.90 Å². The van der Waals surface area contributed by atoms with E-state index in [-0.39, 0.29) is 48.9 Å². The minimum absolute atomic E-state index is 0. The quantitative estimate of drug-likeness (QED) is 0.328. The molecule has 12 heteroatoms. The molecule has 110 valence electrons. The van der Waals surface area contributed by atoms with Gasteiger partial charge in [-0.05, 0) is 12.8 Å². The summed E-state index contributed by atoms with van der Waals surface area (Å²) < 4.78 is 72.4. The molecule has 0 radical (unpaired) electrons. The van der Waals surface area contributed by atoms with Crippen LogP contribution in [0.2, 0.25) is 0 Å². The van der Waals surface area contributed by atoms with E-state index in [2.05, 4.69) is 4.28 Å². The van der Waals surface area contributed by atoms with Crippen LogP contribution in [0.1, 0.15) is 19.3 Å². The van der Waals surface area contributed by atoms with Gasteiger partial charge in [0.15, 0.2) is 0 Å². The largest absolute Gasteiger partial charge is 1.00 e. The molecule has 2 aliphatic rings. The smallest absolute Gasteiger partial charge is 0.724 e. The molecule has 2 heterocycles. The van der Waals surface area contributed by atoms with E-state index in [1.165, 1.54) is 0 Å². The first-order chi connectivity index (χ1) is 8.57. The van der Waals surface area contributed by atoms with Gasteiger partial charge in [-0.1, -0.05) is 0 Å². The van der Waals surface area contributed by atoms with Crippen molar-refractivity contribution in [2.45, 2.75) is 37.5 Å². The Labute approximate surface area is 135 Å². The number of hydroxylamine groups is 2. The maximum absolute atomic E-state index is 12.3. The molecule has 0 aromatic carbocycles. The zero-order valence-electron chi connectivity index (χ0n) is 10.5. The Hall–Kier alpha value is -0.0700. The number of halogens is 3.